The maximum absolute atomic E-state index is 4.71. The molecule has 0 bridgehead atoms. The number of rotatable bonds is 3. The van der Waals surface area contributed by atoms with Crippen molar-refractivity contribution in [2.75, 3.05) is 13.1 Å². The van der Waals surface area contributed by atoms with Crippen molar-refractivity contribution in [1.29, 1.82) is 0 Å². The molecule has 0 aliphatic carbocycles. The van der Waals surface area contributed by atoms with Crippen molar-refractivity contribution in [3.8, 4) is 0 Å². The van der Waals surface area contributed by atoms with Crippen LogP contribution in [0.25, 0.3) is 0 Å². The van der Waals surface area contributed by atoms with Gasteiger partial charge in [-0.1, -0.05) is 30.3 Å². The molecule has 16 heavy (non-hydrogen) atoms. The Labute approximate surface area is 99.4 Å². The first-order valence-corrected chi connectivity index (χ1v) is 6.49. The third-order valence-electron chi connectivity index (χ3n) is 2.93. The lowest BCUT2D eigenvalue weighted by Crippen LogP contribution is -2.39. The van der Waals surface area contributed by atoms with Crippen LogP contribution in [-0.2, 0) is 6.42 Å². The molecule has 1 N–H and O–H groups in total. The van der Waals surface area contributed by atoms with Gasteiger partial charge in [0.1, 0.15) is 0 Å². The average Bonchev–Trinajstić information content (AvgIpc) is 2.65. The summed E-state index contributed by atoms with van der Waals surface area (Å²) in [4.78, 5) is 4.71. The van der Waals surface area contributed by atoms with Crippen LogP contribution in [0.1, 0.15) is 22.2 Å². The summed E-state index contributed by atoms with van der Waals surface area (Å²) in [6.45, 7) is 2.19. The molecule has 0 saturated carbocycles. The van der Waals surface area contributed by atoms with Gasteiger partial charge in [0.15, 0.2) is 0 Å². The van der Waals surface area contributed by atoms with Crippen LogP contribution >= 0.6 is 11.3 Å². The van der Waals surface area contributed by atoms with Crippen molar-refractivity contribution in [3.05, 3.63) is 52.0 Å². The lowest BCUT2D eigenvalue weighted by atomic mass is 10.1. The zero-order valence-electron chi connectivity index (χ0n) is 9.02. The molecule has 1 fully saturated rings. The van der Waals surface area contributed by atoms with Gasteiger partial charge in [0.05, 0.1) is 10.7 Å². The summed E-state index contributed by atoms with van der Waals surface area (Å²) < 4.78 is 0. The van der Waals surface area contributed by atoms with E-state index in [4.69, 9.17) is 4.98 Å². The molecule has 0 radical (unpaired) electrons. The third-order valence-corrected chi connectivity index (χ3v) is 3.98. The first-order valence-electron chi connectivity index (χ1n) is 5.61. The highest BCUT2D eigenvalue weighted by molar-refractivity contribution is 7.09. The SMILES string of the molecule is c1ccc(Cc2csc(C3CNC3)n2)cc1. The van der Waals surface area contributed by atoms with Crippen molar-refractivity contribution in [2.24, 2.45) is 0 Å². The fourth-order valence-corrected chi connectivity index (χ4v) is 2.78. The van der Waals surface area contributed by atoms with Gasteiger partial charge in [0.25, 0.3) is 0 Å². The molecule has 0 unspecified atom stereocenters. The van der Waals surface area contributed by atoms with E-state index in [2.05, 4.69) is 41.0 Å². The normalized spacial score (nSPS) is 16.0. The van der Waals surface area contributed by atoms with E-state index < -0.39 is 0 Å². The Balaban J connectivity index is 1.73. The second-order valence-electron chi connectivity index (χ2n) is 4.19. The standard InChI is InChI=1S/C13H14N2S/c1-2-4-10(5-3-1)6-12-9-16-13(15-12)11-7-14-8-11/h1-5,9,11,14H,6-8H2. The Morgan fingerprint density at radius 2 is 2.06 bits per heavy atom. The molecule has 3 heteroatoms. The second-order valence-corrected chi connectivity index (χ2v) is 5.08. The number of thiazole rings is 1. The minimum Gasteiger partial charge on any atom is -0.315 e. The van der Waals surface area contributed by atoms with Crippen molar-refractivity contribution in [2.45, 2.75) is 12.3 Å². The molecule has 1 saturated heterocycles. The number of hydrogen-bond acceptors (Lipinski definition) is 3. The van der Waals surface area contributed by atoms with Gasteiger partial charge in [-0.2, -0.15) is 0 Å². The summed E-state index contributed by atoms with van der Waals surface area (Å²) in [5.41, 5.74) is 2.55. The Bertz CT molecular complexity index is 460. The van der Waals surface area contributed by atoms with Crippen molar-refractivity contribution in [1.82, 2.24) is 10.3 Å². The van der Waals surface area contributed by atoms with E-state index in [1.165, 1.54) is 16.3 Å². The van der Waals surface area contributed by atoms with Gasteiger partial charge < -0.3 is 5.32 Å². The summed E-state index contributed by atoms with van der Waals surface area (Å²) in [6, 6.07) is 10.5. The quantitative estimate of drug-likeness (QED) is 0.876. The van der Waals surface area contributed by atoms with Crippen molar-refractivity contribution < 1.29 is 0 Å². The van der Waals surface area contributed by atoms with Crippen LogP contribution in [0, 0.1) is 0 Å². The van der Waals surface area contributed by atoms with E-state index in [0.29, 0.717) is 5.92 Å². The topological polar surface area (TPSA) is 24.9 Å². The molecule has 0 amide bonds. The minimum absolute atomic E-state index is 0.662. The molecule has 3 rings (SSSR count). The Kier molecular flexibility index (Phi) is 2.72. The fourth-order valence-electron chi connectivity index (χ4n) is 1.86. The minimum atomic E-state index is 0.662. The monoisotopic (exact) mass is 230 g/mol. The molecule has 0 spiro atoms. The van der Waals surface area contributed by atoms with Crippen LogP contribution in [0.15, 0.2) is 35.7 Å². The number of nitrogens with zero attached hydrogens (tertiary/aromatic N) is 1. The number of nitrogens with one attached hydrogen (secondary N) is 1. The first-order chi connectivity index (χ1) is 7.92. The Hall–Kier alpha value is -1.19. The van der Waals surface area contributed by atoms with E-state index >= 15 is 0 Å². The van der Waals surface area contributed by atoms with E-state index in [0.717, 1.165) is 19.5 Å². The molecule has 2 aromatic rings. The summed E-state index contributed by atoms with van der Waals surface area (Å²) in [5, 5.41) is 6.78. The van der Waals surface area contributed by atoms with Gasteiger partial charge in [-0.05, 0) is 5.56 Å². The molecule has 82 valence electrons. The van der Waals surface area contributed by atoms with Gasteiger partial charge >= 0.3 is 0 Å². The molecule has 1 aliphatic rings. The van der Waals surface area contributed by atoms with Crippen molar-refractivity contribution in [3.63, 3.8) is 0 Å². The molecule has 2 nitrogen and oxygen atoms in total. The highest BCUT2D eigenvalue weighted by Crippen LogP contribution is 2.24. The van der Waals surface area contributed by atoms with Crippen LogP contribution in [0.3, 0.4) is 0 Å². The molecule has 1 aromatic heterocycles. The first kappa shape index (κ1) is 10.00. The number of benzene rings is 1. The molecule has 1 aromatic carbocycles. The molecule has 2 heterocycles. The maximum atomic E-state index is 4.71. The lowest BCUT2D eigenvalue weighted by molar-refractivity contribution is 0.446. The third kappa shape index (κ3) is 2.01. The fraction of sp³-hybridized carbons (Fsp3) is 0.308. The molecular formula is C13H14N2S. The van der Waals surface area contributed by atoms with Crippen LogP contribution in [0.5, 0.6) is 0 Å². The van der Waals surface area contributed by atoms with E-state index in [1.807, 2.05) is 0 Å². The Morgan fingerprint density at radius 1 is 1.25 bits per heavy atom. The van der Waals surface area contributed by atoms with Crippen molar-refractivity contribution >= 4 is 11.3 Å². The highest BCUT2D eigenvalue weighted by Gasteiger charge is 2.21. The van der Waals surface area contributed by atoms with Crippen LogP contribution < -0.4 is 5.32 Å². The smallest absolute Gasteiger partial charge is 0.0984 e. The average molecular weight is 230 g/mol. The van der Waals surface area contributed by atoms with E-state index in [-0.39, 0.29) is 0 Å². The summed E-state index contributed by atoms with van der Waals surface area (Å²) in [7, 11) is 0. The number of hydrogen-bond donors (Lipinski definition) is 1. The molecule has 1 aliphatic heterocycles. The van der Waals surface area contributed by atoms with Gasteiger partial charge in [-0.3, -0.25) is 0 Å². The summed E-state index contributed by atoms with van der Waals surface area (Å²) >= 11 is 1.80. The van der Waals surface area contributed by atoms with Crippen LogP contribution in [-0.4, -0.2) is 18.1 Å². The van der Waals surface area contributed by atoms with Crippen LogP contribution in [0.4, 0.5) is 0 Å². The molecule has 0 atom stereocenters. The van der Waals surface area contributed by atoms with Crippen LogP contribution in [0.2, 0.25) is 0 Å². The summed E-state index contributed by atoms with van der Waals surface area (Å²) in [5.74, 6) is 0.662. The maximum Gasteiger partial charge on any atom is 0.0984 e. The van der Waals surface area contributed by atoms with Gasteiger partial charge in [-0.25, -0.2) is 4.98 Å². The van der Waals surface area contributed by atoms with Gasteiger partial charge in [-0.15, -0.1) is 11.3 Å². The highest BCUT2D eigenvalue weighted by atomic mass is 32.1. The summed E-state index contributed by atoms with van der Waals surface area (Å²) in [6.07, 6.45) is 0.956. The predicted molar refractivity (Wildman–Crippen MR) is 67.0 cm³/mol. The zero-order chi connectivity index (χ0) is 10.8. The van der Waals surface area contributed by atoms with Gasteiger partial charge in [0, 0.05) is 30.8 Å². The Morgan fingerprint density at radius 3 is 2.75 bits per heavy atom. The van der Waals surface area contributed by atoms with E-state index in [1.54, 1.807) is 11.3 Å². The zero-order valence-corrected chi connectivity index (χ0v) is 9.83. The van der Waals surface area contributed by atoms with E-state index in [9.17, 15) is 0 Å². The van der Waals surface area contributed by atoms with Gasteiger partial charge in [0.2, 0.25) is 0 Å². The lowest BCUT2D eigenvalue weighted by Gasteiger charge is -2.24. The number of aromatic nitrogens is 1. The molecular weight excluding hydrogens is 216 g/mol. The largest absolute Gasteiger partial charge is 0.315 e. The predicted octanol–water partition coefficient (Wildman–Crippen LogP) is 2.42. The second kappa shape index (κ2) is 4.36.